The Morgan fingerprint density at radius 2 is 1.86 bits per heavy atom. The predicted octanol–water partition coefficient (Wildman–Crippen LogP) is 2.81. The zero-order valence-electron chi connectivity index (χ0n) is 15.5. The van der Waals surface area contributed by atoms with Crippen LogP contribution in [0.25, 0.3) is 11.5 Å². The molecule has 2 heterocycles. The van der Waals surface area contributed by atoms with Crippen molar-refractivity contribution in [2.45, 2.75) is 25.6 Å². The minimum atomic E-state index is -0.137. The van der Waals surface area contributed by atoms with E-state index in [9.17, 15) is 4.79 Å². The summed E-state index contributed by atoms with van der Waals surface area (Å²) in [6.07, 6.45) is 0.905. The van der Waals surface area contributed by atoms with Crippen molar-refractivity contribution in [1.82, 2.24) is 25.7 Å². The van der Waals surface area contributed by atoms with Crippen LogP contribution in [-0.2, 0) is 13.1 Å². The molecule has 1 aliphatic heterocycles. The number of urea groups is 1. The summed E-state index contributed by atoms with van der Waals surface area (Å²) in [4.78, 5) is 18.8. The van der Waals surface area contributed by atoms with Gasteiger partial charge in [0.2, 0.25) is 0 Å². The number of carbonyl (C=O) groups excluding carboxylic acids is 1. The van der Waals surface area contributed by atoms with Gasteiger partial charge in [0, 0.05) is 31.2 Å². The van der Waals surface area contributed by atoms with Gasteiger partial charge in [-0.25, -0.2) is 4.79 Å². The van der Waals surface area contributed by atoms with Gasteiger partial charge in [-0.3, -0.25) is 4.90 Å². The molecule has 2 amide bonds. The minimum Gasteiger partial charge on any atom is -0.334 e. The minimum absolute atomic E-state index is 0.122. The van der Waals surface area contributed by atoms with Crippen LogP contribution in [0.5, 0.6) is 0 Å². The monoisotopic (exact) mass is 377 g/mol. The zero-order chi connectivity index (χ0) is 19.2. The second-order valence-electron chi connectivity index (χ2n) is 6.92. The largest absolute Gasteiger partial charge is 0.334 e. The fraction of sp³-hybridized carbons (Fsp3) is 0.286. The van der Waals surface area contributed by atoms with Crippen LogP contribution in [0.2, 0.25) is 0 Å². The number of aromatic nitrogens is 2. The Morgan fingerprint density at radius 1 is 1.11 bits per heavy atom. The number of hydrogen-bond donors (Lipinski definition) is 2. The van der Waals surface area contributed by atoms with Crippen LogP contribution < -0.4 is 10.6 Å². The van der Waals surface area contributed by atoms with E-state index in [0.29, 0.717) is 24.8 Å². The second kappa shape index (κ2) is 8.67. The average molecular weight is 377 g/mol. The normalized spacial score (nSPS) is 16.8. The number of hydrogen-bond acceptors (Lipinski definition) is 5. The van der Waals surface area contributed by atoms with Crippen molar-refractivity contribution in [3.63, 3.8) is 0 Å². The Balaban J connectivity index is 1.23. The summed E-state index contributed by atoms with van der Waals surface area (Å²) in [7, 11) is 0. The summed E-state index contributed by atoms with van der Waals surface area (Å²) in [6, 6.07) is 19.6. The van der Waals surface area contributed by atoms with Gasteiger partial charge >= 0.3 is 6.03 Å². The van der Waals surface area contributed by atoms with E-state index in [1.807, 2.05) is 60.7 Å². The first-order valence-electron chi connectivity index (χ1n) is 9.45. The van der Waals surface area contributed by atoms with E-state index in [0.717, 1.165) is 30.6 Å². The molecule has 144 valence electrons. The number of amides is 2. The van der Waals surface area contributed by atoms with Crippen molar-refractivity contribution in [1.29, 1.82) is 0 Å². The van der Waals surface area contributed by atoms with Gasteiger partial charge in [-0.1, -0.05) is 53.7 Å². The summed E-state index contributed by atoms with van der Waals surface area (Å²) in [5.74, 6) is 1.19. The quantitative estimate of drug-likeness (QED) is 0.690. The van der Waals surface area contributed by atoms with E-state index >= 15 is 0 Å². The molecule has 1 saturated heterocycles. The van der Waals surface area contributed by atoms with Crippen LogP contribution in [0.1, 0.15) is 17.8 Å². The number of likely N-dealkylation sites (tertiary alicyclic amines) is 1. The molecule has 3 aromatic rings. The van der Waals surface area contributed by atoms with Crippen molar-refractivity contribution in [3.8, 4) is 11.5 Å². The molecule has 7 nitrogen and oxygen atoms in total. The number of rotatable bonds is 6. The van der Waals surface area contributed by atoms with Gasteiger partial charge < -0.3 is 15.2 Å². The number of carbonyl (C=O) groups is 1. The van der Waals surface area contributed by atoms with Gasteiger partial charge in [-0.05, 0) is 24.1 Å². The van der Waals surface area contributed by atoms with Crippen molar-refractivity contribution in [3.05, 3.63) is 72.1 Å². The lowest BCUT2D eigenvalue weighted by molar-refractivity contribution is 0.235. The third kappa shape index (κ3) is 4.75. The number of benzene rings is 2. The molecular weight excluding hydrogens is 354 g/mol. The van der Waals surface area contributed by atoms with Gasteiger partial charge in [0.05, 0.1) is 6.54 Å². The maximum absolute atomic E-state index is 12.1. The highest BCUT2D eigenvalue weighted by Crippen LogP contribution is 2.18. The van der Waals surface area contributed by atoms with Crippen molar-refractivity contribution < 1.29 is 9.32 Å². The molecule has 0 bridgehead atoms. The van der Waals surface area contributed by atoms with Crippen LogP contribution in [-0.4, -0.2) is 40.2 Å². The van der Waals surface area contributed by atoms with Gasteiger partial charge in [-0.15, -0.1) is 0 Å². The third-order valence-electron chi connectivity index (χ3n) is 4.76. The highest BCUT2D eigenvalue weighted by atomic mass is 16.5. The van der Waals surface area contributed by atoms with Gasteiger partial charge in [0.25, 0.3) is 5.89 Å². The number of nitrogens with zero attached hydrogens (tertiary/aromatic N) is 3. The molecule has 1 atom stereocenters. The Kier molecular flexibility index (Phi) is 5.63. The molecule has 0 unspecified atom stereocenters. The maximum Gasteiger partial charge on any atom is 0.315 e. The molecule has 4 rings (SSSR count). The molecule has 2 aromatic carbocycles. The van der Waals surface area contributed by atoms with Crippen LogP contribution in [0.3, 0.4) is 0 Å². The van der Waals surface area contributed by atoms with Crippen LogP contribution in [0.15, 0.2) is 65.2 Å². The van der Waals surface area contributed by atoms with Crippen LogP contribution in [0, 0.1) is 0 Å². The van der Waals surface area contributed by atoms with Gasteiger partial charge in [-0.2, -0.15) is 4.98 Å². The molecule has 1 fully saturated rings. The van der Waals surface area contributed by atoms with Gasteiger partial charge in [0.1, 0.15) is 0 Å². The molecule has 0 spiro atoms. The Hall–Kier alpha value is -3.19. The predicted molar refractivity (Wildman–Crippen MR) is 105 cm³/mol. The smallest absolute Gasteiger partial charge is 0.315 e. The highest BCUT2D eigenvalue weighted by molar-refractivity contribution is 5.74. The SMILES string of the molecule is O=C(NCc1ccccc1)N[C@H]1CCN(Cc2noc(-c3ccccc3)n2)C1. The first-order valence-corrected chi connectivity index (χ1v) is 9.45. The van der Waals surface area contributed by atoms with Crippen molar-refractivity contribution in [2.24, 2.45) is 0 Å². The molecule has 0 radical (unpaired) electrons. The first kappa shape index (κ1) is 18.2. The molecule has 2 N–H and O–H groups in total. The lowest BCUT2D eigenvalue weighted by atomic mass is 10.2. The lowest BCUT2D eigenvalue weighted by Crippen LogP contribution is -2.43. The summed E-state index contributed by atoms with van der Waals surface area (Å²) in [5.41, 5.74) is 1.99. The van der Waals surface area contributed by atoms with E-state index in [1.54, 1.807) is 0 Å². The Morgan fingerprint density at radius 3 is 2.64 bits per heavy atom. The third-order valence-corrected chi connectivity index (χ3v) is 4.76. The fourth-order valence-corrected chi connectivity index (χ4v) is 3.32. The summed E-state index contributed by atoms with van der Waals surface area (Å²) in [6.45, 7) is 2.79. The average Bonchev–Trinajstić information content (AvgIpc) is 3.38. The van der Waals surface area contributed by atoms with E-state index in [4.69, 9.17) is 4.52 Å². The molecule has 28 heavy (non-hydrogen) atoms. The summed E-state index contributed by atoms with van der Waals surface area (Å²) < 4.78 is 5.36. The lowest BCUT2D eigenvalue weighted by Gasteiger charge is -2.15. The zero-order valence-corrected chi connectivity index (χ0v) is 15.5. The van der Waals surface area contributed by atoms with E-state index < -0.39 is 0 Å². The second-order valence-corrected chi connectivity index (χ2v) is 6.92. The Labute approximate surface area is 163 Å². The van der Waals surface area contributed by atoms with E-state index in [1.165, 1.54) is 0 Å². The molecule has 1 aliphatic rings. The fourth-order valence-electron chi connectivity index (χ4n) is 3.32. The topological polar surface area (TPSA) is 83.3 Å². The van der Waals surface area contributed by atoms with Gasteiger partial charge in [0.15, 0.2) is 5.82 Å². The summed E-state index contributed by atoms with van der Waals surface area (Å²) in [5, 5.41) is 10.0. The molecular formula is C21H23N5O2. The van der Waals surface area contributed by atoms with E-state index in [2.05, 4.69) is 25.7 Å². The standard InChI is InChI=1S/C21H23N5O2/c27-21(22-13-16-7-3-1-4-8-16)23-18-11-12-26(14-18)15-19-24-20(28-25-19)17-9-5-2-6-10-17/h1-10,18H,11-15H2,(H2,22,23,27)/t18-/m0/s1. The number of nitrogens with one attached hydrogen (secondary N) is 2. The van der Waals surface area contributed by atoms with E-state index in [-0.39, 0.29) is 12.1 Å². The first-order chi connectivity index (χ1) is 13.8. The summed E-state index contributed by atoms with van der Waals surface area (Å²) >= 11 is 0. The molecule has 1 aromatic heterocycles. The van der Waals surface area contributed by atoms with Crippen LogP contribution in [0.4, 0.5) is 4.79 Å². The van der Waals surface area contributed by atoms with Crippen LogP contribution >= 0.6 is 0 Å². The van der Waals surface area contributed by atoms with Crippen molar-refractivity contribution >= 4 is 6.03 Å². The molecule has 7 heteroatoms. The molecule has 0 aliphatic carbocycles. The highest BCUT2D eigenvalue weighted by Gasteiger charge is 2.25. The Bertz CT molecular complexity index is 897. The molecule has 0 saturated carbocycles. The van der Waals surface area contributed by atoms with Crippen molar-refractivity contribution in [2.75, 3.05) is 13.1 Å². The maximum atomic E-state index is 12.1.